The van der Waals surface area contributed by atoms with Crippen molar-refractivity contribution in [3.05, 3.63) is 65.0 Å². The molecule has 6 nitrogen and oxygen atoms in total. The van der Waals surface area contributed by atoms with E-state index in [1.807, 2.05) is 24.3 Å². The summed E-state index contributed by atoms with van der Waals surface area (Å²) in [7, 11) is 0. The highest BCUT2D eigenvalue weighted by Crippen LogP contribution is 2.32. The third-order valence-electron chi connectivity index (χ3n) is 4.61. The summed E-state index contributed by atoms with van der Waals surface area (Å²) in [5.41, 5.74) is 3.15. The third-order valence-corrected chi connectivity index (χ3v) is 4.61. The van der Waals surface area contributed by atoms with Crippen molar-refractivity contribution in [2.24, 2.45) is 0 Å². The monoisotopic (exact) mass is 353 g/mol. The van der Waals surface area contributed by atoms with Crippen molar-refractivity contribution < 1.29 is 14.7 Å². The molecule has 2 aromatic rings. The number of amides is 1. The Morgan fingerprint density at radius 1 is 1.27 bits per heavy atom. The fraction of sp³-hybridized carbons (Fsp3) is 0.350. The number of aromatic carboxylic acids is 1. The van der Waals surface area contributed by atoms with E-state index in [-0.39, 0.29) is 11.9 Å². The molecular formula is C20H23N3O3. The van der Waals surface area contributed by atoms with Crippen molar-refractivity contribution in [2.45, 2.75) is 38.9 Å². The molecule has 1 saturated heterocycles. The lowest BCUT2D eigenvalue weighted by atomic mass is 10.1. The number of carboxylic acids is 1. The maximum absolute atomic E-state index is 11.2. The molecule has 0 aliphatic carbocycles. The number of aromatic nitrogens is 1. The first kappa shape index (κ1) is 18.1. The number of hydrogen-bond donors (Lipinski definition) is 2. The molecule has 26 heavy (non-hydrogen) atoms. The summed E-state index contributed by atoms with van der Waals surface area (Å²) in [5.74, 6) is -0.977. The van der Waals surface area contributed by atoms with E-state index in [1.165, 1.54) is 6.92 Å². The maximum atomic E-state index is 11.2. The number of hydrogen-bond acceptors (Lipinski definition) is 4. The quantitative estimate of drug-likeness (QED) is 0.834. The smallest absolute Gasteiger partial charge is 0.335 e. The topological polar surface area (TPSA) is 82.5 Å². The minimum atomic E-state index is -0.905. The number of nitrogens with one attached hydrogen (secondary N) is 1. The lowest BCUT2D eigenvalue weighted by Gasteiger charge is -2.24. The molecule has 1 amide bonds. The van der Waals surface area contributed by atoms with Gasteiger partial charge in [-0.2, -0.15) is 0 Å². The van der Waals surface area contributed by atoms with Crippen LogP contribution in [-0.2, 0) is 17.9 Å². The number of carboxylic acid groups (broad SMARTS) is 1. The lowest BCUT2D eigenvalue weighted by molar-refractivity contribution is -0.119. The molecule has 1 aliphatic rings. The number of carbonyl (C=O) groups is 2. The van der Waals surface area contributed by atoms with Gasteiger partial charge in [-0.25, -0.2) is 4.79 Å². The van der Waals surface area contributed by atoms with Crippen molar-refractivity contribution >= 4 is 11.9 Å². The minimum Gasteiger partial charge on any atom is -0.478 e. The van der Waals surface area contributed by atoms with Gasteiger partial charge < -0.3 is 10.4 Å². The number of carbonyl (C=O) groups excluding carboxylic acids is 1. The molecule has 1 fully saturated rings. The Hall–Kier alpha value is -2.73. The van der Waals surface area contributed by atoms with E-state index in [9.17, 15) is 9.59 Å². The molecule has 0 spiro atoms. The Balaban J connectivity index is 1.74. The van der Waals surface area contributed by atoms with Crippen LogP contribution in [0.4, 0.5) is 0 Å². The predicted molar refractivity (Wildman–Crippen MR) is 97.5 cm³/mol. The number of benzene rings is 1. The van der Waals surface area contributed by atoms with Crippen molar-refractivity contribution in [2.75, 3.05) is 6.54 Å². The number of pyridine rings is 1. The van der Waals surface area contributed by atoms with Gasteiger partial charge in [0, 0.05) is 13.5 Å². The van der Waals surface area contributed by atoms with Crippen LogP contribution in [0.25, 0.3) is 0 Å². The molecule has 1 aliphatic heterocycles. The highest BCUT2D eigenvalue weighted by molar-refractivity contribution is 5.87. The number of rotatable bonds is 6. The first-order chi connectivity index (χ1) is 12.5. The highest BCUT2D eigenvalue weighted by Gasteiger charge is 2.27. The van der Waals surface area contributed by atoms with Gasteiger partial charge in [0.15, 0.2) is 0 Å². The Bertz CT molecular complexity index is 806. The molecule has 1 atom stereocenters. The summed E-state index contributed by atoms with van der Waals surface area (Å²) in [6.45, 7) is 3.58. The number of likely N-dealkylation sites (tertiary alicyclic amines) is 1. The Morgan fingerprint density at radius 2 is 2.08 bits per heavy atom. The molecular weight excluding hydrogens is 330 g/mol. The van der Waals surface area contributed by atoms with E-state index in [4.69, 9.17) is 10.1 Å². The van der Waals surface area contributed by atoms with E-state index < -0.39 is 5.97 Å². The molecule has 3 rings (SSSR count). The second-order valence-corrected chi connectivity index (χ2v) is 6.60. The van der Waals surface area contributed by atoms with Crippen molar-refractivity contribution in [1.82, 2.24) is 15.2 Å². The van der Waals surface area contributed by atoms with Crippen molar-refractivity contribution in [1.29, 1.82) is 0 Å². The zero-order valence-corrected chi connectivity index (χ0v) is 14.8. The first-order valence-corrected chi connectivity index (χ1v) is 8.79. The van der Waals surface area contributed by atoms with Crippen molar-refractivity contribution in [3.8, 4) is 0 Å². The summed E-state index contributed by atoms with van der Waals surface area (Å²) in [4.78, 5) is 29.3. The normalized spacial score (nSPS) is 17.2. The van der Waals surface area contributed by atoms with Gasteiger partial charge in [0.1, 0.15) is 0 Å². The van der Waals surface area contributed by atoms with Crippen LogP contribution in [0.2, 0.25) is 0 Å². The van der Waals surface area contributed by atoms with Gasteiger partial charge in [-0.3, -0.25) is 14.7 Å². The summed E-state index contributed by atoms with van der Waals surface area (Å²) in [6.07, 6.45) is 2.11. The van der Waals surface area contributed by atoms with E-state index in [0.717, 1.165) is 36.3 Å². The fourth-order valence-corrected chi connectivity index (χ4v) is 3.38. The molecule has 6 heteroatoms. The van der Waals surface area contributed by atoms with Gasteiger partial charge in [0.25, 0.3) is 0 Å². The van der Waals surface area contributed by atoms with Crippen LogP contribution < -0.4 is 5.32 Å². The zero-order chi connectivity index (χ0) is 18.5. The SMILES string of the molecule is CC(=O)NCc1cccc([C@@H]2CCCN2Cc2cccc(C(=O)O)c2)n1. The Labute approximate surface area is 152 Å². The summed E-state index contributed by atoms with van der Waals surface area (Å²) in [5, 5.41) is 11.9. The van der Waals surface area contributed by atoms with E-state index in [0.29, 0.717) is 18.7 Å². The van der Waals surface area contributed by atoms with E-state index in [2.05, 4.69) is 10.2 Å². The van der Waals surface area contributed by atoms with E-state index >= 15 is 0 Å². The average Bonchev–Trinajstić information content (AvgIpc) is 3.08. The molecule has 0 radical (unpaired) electrons. The van der Waals surface area contributed by atoms with E-state index in [1.54, 1.807) is 18.2 Å². The van der Waals surface area contributed by atoms with Gasteiger partial charge >= 0.3 is 5.97 Å². The summed E-state index contributed by atoms with van der Waals surface area (Å²) >= 11 is 0. The van der Waals surface area contributed by atoms with Crippen LogP contribution in [0.3, 0.4) is 0 Å². The molecule has 0 unspecified atom stereocenters. The first-order valence-electron chi connectivity index (χ1n) is 8.79. The van der Waals surface area contributed by atoms with Gasteiger partial charge in [-0.15, -0.1) is 0 Å². The standard InChI is InChI=1S/C20H23N3O3/c1-14(24)21-12-17-7-3-8-18(22-17)19-9-4-10-23(19)13-15-5-2-6-16(11-15)20(25)26/h2-3,5-8,11,19H,4,9-10,12-13H2,1H3,(H,21,24)(H,25,26)/t19-/m0/s1. The highest BCUT2D eigenvalue weighted by atomic mass is 16.4. The largest absolute Gasteiger partial charge is 0.478 e. The molecule has 1 aromatic carbocycles. The average molecular weight is 353 g/mol. The third kappa shape index (κ3) is 4.46. The number of nitrogens with zero attached hydrogens (tertiary/aromatic N) is 2. The Kier molecular flexibility index (Phi) is 5.63. The molecule has 0 bridgehead atoms. The molecule has 2 heterocycles. The summed E-state index contributed by atoms with van der Waals surface area (Å²) < 4.78 is 0. The molecule has 1 aromatic heterocycles. The second kappa shape index (κ2) is 8.10. The van der Waals surface area contributed by atoms with Crippen LogP contribution in [0.5, 0.6) is 0 Å². The van der Waals surface area contributed by atoms with Crippen LogP contribution >= 0.6 is 0 Å². The predicted octanol–water partition coefficient (Wildman–Crippen LogP) is 2.75. The lowest BCUT2D eigenvalue weighted by Crippen LogP contribution is -2.24. The van der Waals surface area contributed by atoms with Crippen molar-refractivity contribution in [3.63, 3.8) is 0 Å². The summed E-state index contributed by atoms with van der Waals surface area (Å²) in [6, 6.07) is 13.2. The van der Waals surface area contributed by atoms with Gasteiger partial charge in [0.2, 0.25) is 5.91 Å². The van der Waals surface area contributed by atoms with Crippen LogP contribution in [0.1, 0.15) is 53.1 Å². The van der Waals surface area contributed by atoms with Crippen LogP contribution in [-0.4, -0.2) is 33.4 Å². The van der Waals surface area contributed by atoms with Gasteiger partial charge in [-0.05, 0) is 49.2 Å². The maximum Gasteiger partial charge on any atom is 0.335 e. The van der Waals surface area contributed by atoms with Gasteiger partial charge in [-0.1, -0.05) is 18.2 Å². The van der Waals surface area contributed by atoms with Gasteiger partial charge in [0.05, 0.1) is 29.5 Å². The van der Waals surface area contributed by atoms with Crippen LogP contribution in [0.15, 0.2) is 42.5 Å². The molecule has 2 N–H and O–H groups in total. The zero-order valence-electron chi connectivity index (χ0n) is 14.8. The second-order valence-electron chi connectivity index (χ2n) is 6.60. The minimum absolute atomic E-state index is 0.0713. The molecule has 136 valence electrons. The van der Waals surface area contributed by atoms with Crippen LogP contribution in [0, 0.1) is 0 Å². The fourth-order valence-electron chi connectivity index (χ4n) is 3.38. The Morgan fingerprint density at radius 3 is 2.85 bits per heavy atom. The molecule has 0 saturated carbocycles.